The predicted octanol–water partition coefficient (Wildman–Crippen LogP) is 21.3. The van der Waals surface area contributed by atoms with Crippen LogP contribution in [0.3, 0.4) is 0 Å². The second-order valence-electron chi connectivity index (χ2n) is 24.3. The highest BCUT2D eigenvalue weighted by molar-refractivity contribution is 6.14. The van der Waals surface area contributed by atoms with E-state index in [-0.39, 0.29) is 0 Å². The maximum atomic E-state index is 5.32. The first-order chi connectivity index (χ1) is 42.8. The highest BCUT2D eigenvalue weighted by atomic mass is 15.0. The third kappa shape index (κ3) is 9.83. The minimum atomic E-state index is 0.573. The number of hydrogen-bond acceptors (Lipinski definition) is 4. The van der Waals surface area contributed by atoms with Crippen LogP contribution in [0.1, 0.15) is 44.5 Å². The van der Waals surface area contributed by atoms with Gasteiger partial charge >= 0.3 is 0 Å². The Kier molecular flexibility index (Phi) is 13.2. The molecule has 4 heterocycles. The van der Waals surface area contributed by atoms with Crippen molar-refractivity contribution in [2.75, 3.05) is 0 Å². The summed E-state index contributed by atoms with van der Waals surface area (Å²) < 4.78 is 4.91. The van der Waals surface area contributed by atoms with E-state index in [1.54, 1.807) is 0 Å². The Balaban J connectivity index is 1.02. The fourth-order valence-corrected chi connectivity index (χ4v) is 13.7. The van der Waals surface area contributed by atoms with Crippen LogP contribution in [-0.4, -0.2) is 29.1 Å². The van der Waals surface area contributed by atoms with E-state index in [4.69, 9.17) is 19.9 Å². The number of nitrogens with zero attached hydrogens (tertiary/aromatic N) is 6. The van der Waals surface area contributed by atoms with Crippen LogP contribution in [0.15, 0.2) is 243 Å². The lowest BCUT2D eigenvalue weighted by molar-refractivity contribution is 1.07. The highest BCUT2D eigenvalue weighted by Gasteiger charge is 2.24. The zero-order valence-corrected chi connectivity index (χ0v) is 50.8. The first-order valence-corrected chi connectivity index (χ1v) is 30.3. The minimum absolute atomic E-state index is 0.573. The molecule has 0 bridgehead atoms. The zero-order chi connectivity index (χ0) is 59.9. The number of aromatic nitrogens is 6. The molecule has 15 aromatic rings. The Bertz CT molecular complexity index is 4940. The van der Waals surface area contributed by atoms with Crippen molar-refractivity contribution < 1.29 is 0 Å². The minimum Gasteiger partial charge on any atom is -0.309 e. The van der Waals surface area contributed by atoms with Crippen molar-refractivity contribution in [1.82, 2.24) is 29.1 Å². The molecule has 88 heavy (non-hydrogen) atoms. The standard InChI is InChI=1S/C82H64N6/c1-49-31-50(2)36-64(35-49)59-19-24-75-70(43-59)71-44-60(65-37-51(3)32-52(4)38-65)20-25-76(71)87(75)74-28-23-63(82-85-80(57-15-11-9-12-16-57)84-81(86-82)58-17-13-10-14-18-58)47-69(74)68-29-30-83-48-79(68)88-77-26-21-61(66-39-53(5)33-54(6)40-66)45-72(77)73-46-62(22-27-78(73)88)67-41-55(7)34-56(8)42-67/h9-48H,1-8H3. The fraction of sp³-hybridized carbons (Fsp3) is 0.0976. The van der Waals surface area contributed by atoms with Gasteiger partial charge in [-0.3, -0.25) is 4.98 Å². The van der Waals surface area contributed by atoms with E-state index in [2.05, 4.69) is 259 Å². The molecule has 0 aliphatic rings. The van der Waals surface area contributed by atoms with Crippen molar-refractivity contribution in [2.45, 2.75) is 55.4 Å². The van der Waals surface area contributed by atoms with E-state index in [0.29, 0.717) is 17.5 Å². The van der Waals surface area contributed by atoms with Gasteiger partial charge in [-0.25, -0.2) is 15.0 Å². The smallest absolute Gasteiger partial charge is 0.164 e. The van der Waals surface area contributed by atoms with E-state index < -0.39 is 0 Å². The van der Waals surface area contributed by atoms with Gasteiger partial charge in [-0.15, -0.1) is 0 Å². The SMILES string of the molecule is Cc1cc(C)cc(-c2ccc3c(c2)c2cc(-c4cc(C)cc(C)c4)ccc2n3-c2ccc(-c3nc(-c4ccccc4)nc(-c4ccccc4)n3)cc2-c2ccncc2-n2c3ccc(-c4cc(C)cc(C)c4)cc3c3cc(-c4cc(C)cc(C)c4)ccc32)c1. The van der Waals surface area contributed by atoms with E-state index >= 15 is 0 Å². The molecular formula is C82H64N6. The maximum absolute atomic E-state index is 5.32. The molecule has 11 aromatic carbocycles. The number of pyridine rings is 1. The molecule has 6 nitrogen and oxygen atoms in total. The van der Waals surface area contributed by atoms with Crippen LogP contribution in [0.2, 0.25) is 0 Å². The van der Waals surface area contributed by atoms with Gasteiger partial charge in [0, 0.05) is 55.6 Å². The van der Waals surface area contributed by atoms with E-state index in [1.165, 1.54) is 99.8 Å². The third-order valence-corrected chi connectivity index (χ3v) is 17.3. The summed E-state index contributed by atoms with van der Waals surface area (Å²) in [5, 5.41) is 4.66. The molecule has 0 aliphatic heterocycles. The predicted molar refractivity (Wildman–Crippen MR) is 368 cm³/mol. The number of hydrogen-bond donors (Lipinski definition) is 0. The van der Waals surface area contributed by atoms with Gasteiger partial charge < -0.3 is 9.13 Å². The Hall–Kier alpha value is -10.8. The van der Waals surface area contributed by atoms with Crippen molar-refractivity contribution in [3.8, 4) is 101 Å². The number of aryl methyl sites for hydroxylation is 8. The summed E-state index contributed by atoms with van der Waals surface area (Å²) in [4.78, 5) is 20.8. The van der Waals surface area contributed by atoms with Crippen LogP contribution in [0.25, 0.3) is 145 Å². The molecule has 0 amide bonds. The van der Waals surface area contributed by atoms with Gasteiger partial charge in [-0.2, -0.15) is 0 Å². The molecule has 0 atom stereocenters. The second-order valence-corrected chi connectivity index (χ2v) is 24.3. The van der Waals surface area contributed by atoms with Crippen LogP contribution >= 0.6 is 0 Å². The van der Waals surface area contributed by atoms with Gasteiger partial charge in [0.15, 0.2) is 17.5 Å². The molecule has 0 fully saturated rings. The highest BCUT2D eigenvalue weighted by Crippen LogP contribution is 2.45. The van der Waals surface area contributed by atoms with E-state index in [1.807, 2.05) is 48.8 Å². The topological polar surface area (TPSA) is 61.4 Å². The monoisotopic (exact) mass is 1130 g/mol. The molecule has 0 N–H and O–H groups in total. The summed E-state index contributed by atoms with van der Waals surface area (Å²) in [6, 6.07) is 84.7. The lowest BCUT2D eigenvalue weighted by atomic mass is 9.97. The molecular weight excluding hydrogens is 1070 g/mol. The lowest BCUT2D eigenvalue weighted by Crippen LogP contribution is -2.04. The third-order valence-electron chi connectivity index (χ3n) is 17.3. The average Bonchev–Trinajstić information content (AvgIpc) is 1.80. The van der Waals surface area contributed by atoms with Crippen LogP contribution in [0.4, 0.5) is 0 Å². The summed E-state index contributed by atoms with van der Waals surface area (Å²) in [6.07, 6.45) is 3.98. The lowest BCUT2D eigenvalue weighted by Gasteiger charge is -2.19. The Morgan fingerprint density at radius 3 is 0.909 bits per heavy atom. The molecule has 15 rings (SSSR count). The summed E-state index contributed by atoms with van der Waals surface area (Å²) in [6.45, 7) is 17.5. The Morgan fingerprint density at radius 2 is 0.557 bits per heavy atom. The summed E-state index contributed by atoms with van der Waals surface area (Å²) >= 11 is 0. The van der Waals surface area contributed by atoms with Crippen molar-refractivity contribution in [3.05, 3.63) is 287 Å². The average molecular weight is 1130 g/mol. The molecule has 6 heteroatoms. The molecule has 0 spiro atoms. The van der Waals surface area contributed by atoms with E-state index in [0.717, 1.165) is 72.0 Å². The Labute approximate surface area is 513 Å². The molecule has 422 valence electrons. The van der Waals surface area contributed by atoms with Gasteiger partial charge in [0.2, 0.25) is 0 Å². The van der Waals surface area contributed by atoms with Crippen LogP contribution in [0.5, 0.6) is 0 Å². The fourth-order valence-electron chi connectivity index (χ4n) is 13.7. The van der Waals surface area contributed by atoms with Crippen LogP contribution in [-0.2, 0) is 0 Å². The number of benzene rings is 11. The van der Waals surface area contributed by atoms with Crippen molar-refractivity contribution in [1.29, 1.82) is 0 Å². The quantitative estimate of drug-likeness (QED) is 0.137. The molecule has 0 unspecified atom stereocenters. The zero-order valence-electron chi connectivity index (χ0n) is 50.8. The van der Waals surface area contributed by atoms with Gasteiger partial charge in [0.1, 0.15) is 0 Å². The summed E-state index contributed by atoms with van der Waals surface area (Å²) in [7, 11) is 0. The van der Waals surface area contributed by atoms with Crippen LogP contribution in [0, 0.1) is 55.4 Å². The molecule has 0 aliphatic carbocycles. The van der Waals surface area contributed by atoms with Gasteiger partial charge in [-0.1, -0.05) is 202 Å². The van der Waals surface area contributed by atoms with Gasteiger partial charge in [0.25, 0.3) is 0 Å². The van der Waals surface area contributed by atoms with Crippen molar-refractivity contribution >= 4 is 43.6 Å². The van der Waals surface area contributed by atoms with Gasteiger partial charge in [0.05, 0.1) is 39.6 Å². The second kappa shape index (κ2) is 21.6. The van der Waals surface area contributed by atoms with Crippen LogP contribution < -0.4 is 0 Å². The first-order valence-electron chi connectivity index (χ1n) is 30.3. The molecule has 0 saturated carbocycles. The van der Waals surface area contributed by atoms with E-state index in [9.17, 15) is 0 Å². The molecule has 4 aromatic heterocycles. The maximum Gasteiger partial charge on any atom is 0.164 e. The van der Waals surface area contributed by atoms with Gasteiger partial charge in [-0.05, 0) is 173 Å². The molecule has 0 radical (unpaired) electrons. The van der Waals surface area contributed by atoms with Crippen molar-refractivity contribution in [2.24, 2.45) is 0 Å². The molecule has 0 saturated heterocycles. The normalized spacial score (nSPS) is 11.6. The Morgan fingerprint density at radius 1 is 0.239 bits per heavy atom. The first kappa shape index (κ1) is 53.9. The summed E-state index contributed by atoms with van der Waals surface area (Å²) in [5.74, 6) is 1.78. The van der Waals surface area contributed by atoms with Crippen molar-refractivity contribution in [3.63, 3.8) is 0 Å². The summed E-state index contributed by atoms with van der Waals surface area (Å²) in [5.41, 5.74) is 30.4. The number of rotatable bonds is 10. The number of fused-ring (bicyclic) bond motifs is 6. The largest absolute Gasteiger partial charge is 0.309 e.